The second-order valence-electron chi connectivity index (χ2n) is 5.16. The van der Waals surface area contributed by atoms with E-state index >= 15 is 0 Å². The maximum Gasteiger partial charge on any atom is 0.193 e. The Labute approximate surface area is 142 Å². The van der Waals surface area contributed by atoms with E-state index in [9.17, 15) is 0 Å². The van der Waals surface area contributed by atoms with Gasteiger partial charge in [-0.3, -0.25) is 0 Å². The van der Waals surface area contributed by atoms with Crippen molar-refractivity contribution in [1.29, 1.82) is 0 Å². The van der Waals surface area contributed by atoms with Crippen LogP contribution in [-0.2, 0) is 0 Å². The number of guanidine groups is 1. The number of methoxy groups -OCH3 is 2. The summed E-state index contributed by atoms with van der Waals surface area (Å²) in [6.45, 7) is 2.35. The zero-order chi connectivity index (χ0) is 17.4. The van der Waals surface area contributed by atoms with Crippen LogP contribution in [0.4, 0.5) is 5.69 Å². The van der Waals surface area contributed by atoms with Crippen LogP contribution in [0.2, 0.25) is 0 Å². The van der Waals surface area contributed by atoms with Crippen molar-refractivity contribution in [2.24, 2.45) is 10.7 Å². The number of anilines is 1. The van der Waals surface area contributed by atoms with Gasteiger partial charge in [0.05, 0.1) is 26.5 Å². The van der Waals surface area contributed by atoms with Gasteiger partial charge in [0.2, 0.25) is 0 Å². The van der Waals surface area contributed by atoms with Gasteiger partial charge in [0, 0.05) is 6.07 Å². The topological polar surface area (TPSA) is 78.1 Å². The lowest BCUT2D eigenvalue weighted by Crippen LogP contribution is -2.26. The number of benzene rings is 2. The molecule has 128 valence electrons. The summed E-state index contributed by atoms with van der Waals surface area (Å²) in [5, 5.41) is 3.03. The molecule has 3 N–H and O–H groups in total. The van der Waals surface area contributed by atoms with Crippen molar-refractivity contribution >= 4 is 11.6 Å². The van der Waals surface area contributed by atoms with Gasteiger partial charge in [-0.1, -0.05) is 18.2 Å². The smallest absolute Gasteiger partial charge is 0.193 e. The number of hydrogen-bond acceptors (Lipinski definition) is 4. The molecule has 0 aromatic heterocycles. The SMILES string of the molecule is COc1cccc(OC(C)CN=C(N)Nc2ccccc2OC)c1. The minimum absolute atomic E-state index is 0.130. The third kappa shape index (κ3) is 5.08. The van der Waals surface area contributed by atoms with Crippen LogP contribution in [0.5, 0.6) is 17.2 Å². The molecule has 0 aliphatic rings. The van der Waals surface area contributed by atoms with Crippen LogP contribution in [0.1, 0.15) is 6.92 Å². The number of nitrogens with one attached hydrogen (secondary N) is 1. The van der Waals surface area contributed by atoms with E-state index < -0.39 is 0 Å². The molecule has 0 radical (unpaired) electrons. The van der Waals surface area contributed by atoms with E-state index in [2.05, 4.69) is 10.3 Å². The molecule has 0 saturated heterocycles. The summed E-state index contributed by atoms with van der Waals surface area (Å²) in [6.07, 6.45) is -0.130. The predicted octanol–water partition coefficient (Wildman–Crippen LogP) is 2.90. The molecule has 0 aliphatic heterocycles. The second kappa shape index (κ2) is 8.67. The highest BCUT2D eigenvalue weighted by molar-refractivity contribution is 5.93. The largest absolute Gasteiger partial charge is 0.497 e. The van der Waals surface area contributed by atoms with Gasteiger partial charge in [-0.25, -0.2) is 4.99 Å². The first-order valence-corrected chi connectivity index (χ1v) is 7.63. The van der Waals surface area contributed by atoms with Gasteiger partial charge in [-0.15, -0.1) is 0 Å². The summed E-state index contributed by atoms with van der Waals surface area (Å²) in [5.74, 6) is 2.49. The van der Waals surface area contributed by atoms with Crippen molar-refractivity contribution in [2.75, 3.05) is 26.1 Å². The number of ether oxygens (including phenoxy) is 3. The summed E-state index contributed by atoms with van der Waals surface area (Å²) in [5.41, 5.74) is 6.69. The Morgan fingerprint density at radius 2 is 1.83 bits per heavy atom. The van der Waals surface area contributed by atoms with Gasteiger partial charge in [0.25, 0.3) is 0 Å². The molecule has 0 amide bonds. The van der Waals surface area contributed by atoms with E-state index in [4.69, 9.17) is 19.9 Å². The molecule has 1 atom stereocenters. The van der Waals surface area contributed by atoms with Gasteiger partial charge >= 0.3 is 0 Å². The quantitative estimate of drug-likeness (QED) is 0.603. The molecule has 24 heavy (non-hydrogen) atoms. The Bertz CT molecular complexity index is 689. The van der Waals surface area contributed by atoms with Crippen LogP contribution < -0.4 is 25.3 Å². The Morgan fingerprint density at radius 1 is 1.08 bits per heavy atom. The molecule has 6 nitrogen and oxygen atoms in total. The summed E-state index contributed by atoms with van der Waals surface area (Å²) >= 11 is 0. The van der Waals surface area contributed by atoms with Crippen molar-refractivity contribution in [3.8, 4) is 17.2 Å². The highest BCUT2D eigenvalue weighted by Gasteiger charge is 2.06. The van der Waals surface area contributed by atoms with E-state index in [-0.39, 0.29) is 6.10 Å². The lowest BCUT2D eigenvalue weighted by atomic mass is 10.3. The van der Waals surface area contributed by atoms with Crippen molar-refractivity contribution < 1.29 is 14.2 Å². The molecule has 0 spiro atoms. The minimum Gasteiger partial charge on any atom is -0.497 e. The lowest BCUT2D eigenvalue weighted by Gasteiger charge is -2.14. The van der Waals surface area contributed by atoms with E-state index in [1.165, 1.54) is 0 Å². The van der Waals surface area contributed by atoms with Gasteiger partial charge in [-0.05, 0) is 31.2 Å². The molecule has 0 fully saturated rings. The number of aliphatic imine (C=N–C) groups is 1. The lowest BCUT2D eigenvalue weighted by molar-refractivity contribution is 0.229. The van der Waals surface area contributed by atoms with Crippen LogP contribution >= 0.6 is 0 Å². The normalized spacial score (nSPS) is 12.4. The van der Waals surface area contributed by atoms with Gasteiger partial charge in [0.1, 0.15) is 23.4 Å². The van der Waals surface area contributed by atoms with Gasteiger partial charge in [0.15, 0.2) is 5.96 Å². The highest BCUT2D eigenvalue weighted by atomic mass is 16.5. The van der Waals surface area contributed by atoms with Crippen molar-refractivity contribution in [1.82, 2.24) is 0 Å². The Kier molecular flexibility index (Phi) is 6.31. The molecule has 2 rings (SSSR count). The molecule has 6 heteroatoms. The summed E-state index contributed by atoms with van der Waals surface area (Å²) < 4.78 is 16.2. The Morgan fingerprint density at radius 3 is 2.58 bits per heavy atom. The highest BCUT2D eigenvalue weighted by Crippen LogP contribution is 2.22. The average molecular weight is 329 g/mol. The van der Waals surface area contributed by atoms with Gasteiger partial charge < -0.3 is 25.3 Å². The Hall–Kier alpha value is -2.89. The molecule has 0 saturated carbocycles. The third-order valence-electron chi connectivity index (χ3n) is 3.27. The Balaban J connectivity index is 1.91. The molecule has 2 aromatic rings. The zero-order valence-corrected chi connectivity index (χ0v) is 14.2. The predicted molar refractivity (Wildman–Crippen MR) is 96.2 cm³/mol. The molecule has 1 unspecified atom stereocenters. The number of hydrogen-bond donors (Lipinski definition) is 2. The van der Waals surface area contributed by atoms with Crippen LogP contribution in [0.25, 0.3) is 0 Å². The van der Waals surface area contributed by atoms with Crippen LogP contribution in [0.3, 0.4) is 0 Å². The summed E-state index contributed by atoms with van der Waals surface area (Å²) in [6, 6.07) is 15.0. The van der Waals surface area contributed by atoms with Gasteiger partial charge in [-0.2, -0.15) is 0 Å². The number of nitrogens with zero attached hydrogens (tertiary/aromatic N) is 1. The van der Waals surface area contributed by atoms with Crippen LogP contribution in [-0.4, -0.2) is 32.8 Å². The second-order valence-corrected chi connectivity index (χ2v) is 5.16. The van der Waals surface area contributed by atoms with Crippen molar-refractivity contribution in [2.45, 2.75) is 13.0 Å². The fourth-order valence-corrected chi connectivity index (χ4v) is 2.10. The van der Waals surface area contributed by atoms with E-state index in [1.54, 1.807) is 14.2 Å². The average Bonchev–Trinajstić information content (AvgIpc) is 2.60. The first-order valence-electron chi connectivity index (χ1n) is 7.63. The van der Waals surface area contributed by atoms with E-state index in [0.717, 1.165) is 17.2 Å². The number of nitrogens with two attached hydrogens (primary N) is 1. The van der Waals surface area contributed by atoms with Crippen molar-refractivity contribution in [3.63, 3.8) is 0 Å². The molecule has 0 bridgehead atoms. The fourth-order valence-electron chi connectivity index (χ4n) is 2.10. The summed E-state index contributed by atoms with van der Waals surface area (Å²) in [7, 11) is 3.23. The molecule has 2 aromatic carbocycles. The van der Waals surface area contributed by atoms with E-state index in [0.29, 0.717) is 18.3 Å². The number of para-hydroxylation sites is 2. The van der Waals surface area contributed by atoms with Crippen molar-refractivity contribution in [3.05, 3.63) is 48.5 Å². The molecular formula is C18H23N3O3. The maximum atomic E-state index is 5.92. The zero-order valence-electron chi connectivity index (χ0n) is 14.2. The molecule has 0 heterocycles. The van der Waals surface area contributed by atoms with Crippen LogP contribution in [0, 0.1) is 0 Å². The monoisotopic (exact) mass is 329 g/mol. The molecular weight excluding hydrogens is 306 g/mol. The number of rotatable bonds is 7. The fraction of sp³-hybridized carbons (Fsp3) is 0.278. The molecule has 0 aliphatic carbocycles. The first-order chi connectivity index (χ1) is 11.6. The summed E-state index contributed by atoms with van der Waals surface area (Å²) in [4.78, 5) is 4.31. The minimum atomic E-state index is -0.130. The first kappa shape index (κ1) is 17.5. The standard InChI is InChI=1S/C18H23N3O3/c1-13(24-15-8-6-7-14(11-15)22-2)12-20-18(19)21-16-9-4-5-10-17(16)23-3/h4-11,13H,12H2,1-3H3,(H3,19,20,21). The maximum absolute atomic E-state index is 5.92. The third-order valence-corrected chi connectivity index (χ3v) is 3.27. The van der Waals surface area contributed by atoms with E-state index in [1.807, 2.05) is 55.5 Å². The van der Waals surface area contributed by atoms with Crippen LogP contribution in [0.15, 0.2) is 53.5 Å².